The lowest BCUT2D eigenvalue weighted by atomic mass is 10.1. The van der Waals surface area contributed by atoms with Crippen LogP contribution in [0.2, 0.25) is 5.02 Å². The zero-order chi connectivity index (χ0) is 14.5. The standard InChI is InChI=1S/C15H18ClN3O/c1-10(2)13-14(17-3)18-9-19-15(13)20-8-11-5-4-6-12(16)7-11/h4-7,9-10H,8H2,1-3H3,(H,17,18,19). The van der Waals surface area contributed by atoms with Crippen molar-refractivity contribution >= 4 is 17.4 Å². The Hall–Kier alpha value is -1.81. The lowest BCUT2D eigenvalue weighted by Crippen LogP contribution is -2.07. The molecule has 1 aromatic carbocycles. The third kappa shape index (κ3) is 3.39. The van der Waals surface area contributed by atoms with E-state index in [0.717, 1.165) is 16.9 Å². The van der Waals surface area contributed by atoms with Gasteiger partial charge in [-0.1, -0.05) is 37.6 Å². The van der Waals surface area contributed by atoms with Crippen LogP contribution in [-0.2, 0) is 6.61 Å². The van der Waals surface area contributed by atoms with Gasteiger partial charge in [-0.25, -0.2) is 9.97 Å². The van der Waals surface area contributed by atoms with E-state index in [0.29, 0.717) is 17.5 Å². The van der Waals surface area contributed by atoms with Gasteiger partial charge in [0.05, 0.1) is 5.56 Å². The number of hydrogen-bond acceptors (Lipinski definition) is 4. The quantitative estimate of drug-likeness (QED) is 0.908. The van der Waals surface area contributed by atoms with Crippen LogP contribution in [0.25, 0.3) is 0 Å². The summed E-state index contributed by atoms with van der Waals surface area (Å²) in [6, 6.07) is 7.61. The van der Waals surface area contributed by atoms with Gasteiger partial charge in [0.1, 0.15) is 18.8 Å². The first-order chi connectivity index (χ1) is 9.61. The van der Waals surface area contributed by atoms with Crippen LogP contribution in [-0.4, -0.2) is 17.0 Å². The molecule has 0 atom stereocenters. The smallest absolute Gasteiger partial charge is 0.222 e. The van der Waals surface area contributed by atoms with E-state index >= 15 is 0 Å². The Balaban J connectivity index is 2.21. The normalized spacial score (nSPS) is 10.7. The number of nitrogens with one attached hydrogen (secondary N) is 1. The lowest BCUT2D eigenvalue weighted by molar-refractivity contribution is 0.289. The summed E-state index contributed by atoms with van der Waals surface area (Å²) < 4.78 is 5.83. The highest BCUT2D eigenvalue weighted by Gasteiger charge is 2.15. The minimum Gasteiger partial charge on any atom is -0.472 e. The Labute approximate surface area is 124 Å². The van der Waals surface area contributed by atoms with Crippen LogP contribution in [0, 0.1) is 0 Å². The number of hydrogen-bond donors (Lipinski definition) is 1. The van der Waals surface area contributed by atoms with Gasteiger partial charge < -0.3 is 10.1 Å². The van der Waals surface area contributed by atoms with Crippen molar-refractivity contribution in [3.8, 4) is 5.88 Å². The molecule has 0 radical (unpaired) electrons. The summed E-state index contributed by atoms with van der Waals surface area (Å²) in [6.07, 6.45) is 1.50. The molecule has 4 nitrogen and oxygen atoms in total. The van der Waals surface area contributed by atoms with E-state index in [1.807, 2.05) is 31.3 Å². The number of rotatable bonds is 5. The van der Waals surface area contributed by atoms with Crippen LogP contribution in [0.15, 0.2) is 30.6 Å². The fraction of sp³-hybridized carbons (Fsp3) is 0.333. The second-order valence-electron chi connectivity index (χ2n) is 4.76. The molecule has 0 unspecified atom stereocenters. The summed E-state index contributed by atoms with van der Waals surface area (Å²) in [5.41, 5.74) is 1.99. The monoisotopic (exact) mass is 291 g/mol. The maximum Gasteiger partial charge on any atom is 0.222 e. The molecular formula is C15H18ClN3O. The predicted octanol–water partition coefficient (Wildman–Crippen LogP) is 3.87. The summed E-state index contributed by atoms with van der Waals surface area (Å²) in [4.78, 5) is 8.46. The largest absolute Gasteiger partial charge is 0.472 e. The van der Waals surface area contributed by atoms with Gasteiger partial charge in [0, 0.05) is 12.1 Å². The van der Waals surface area contributed by atoms with E-state index in [9.17, 15) is 0 Å². The van der Waals surface area contributed by atoms with Crippen molar-refractivity contribution in [2.24, 2.45) is 0 Å². The number of anilines is 1. The molecule has 0 aliphatic rings. The minimum absolute atomic E-state index is 0.271. The average molecular weight is 292 g/mol. The van der Waals surface area contributed by atoms with Crippen LogP contribution < -0.4 is 10.1 Å². The maximum absolute atomic E-state index is 5.96. The van der Waals surface area contributed by atoms with E-state index in [4.69, 9.17) is 16.3 Å². The molecule has 0 saturated carbocycles. The molecule has 2 aromatic rings. The average Bonchev–Trinajstić information content (AvgIpc) is 2.44. The molecular weight excluding hydrogens is 274 g/mol. The number of nitrogens with zero attached hydrogens (tertiary/aromatic N) is 2. The zero-order valence-corrected chi connectivity index (χ0v) is 12.6. The molecule has 2 rings (SSSR count). The molecule has 5 heteroatoms. The molecule has 1 heterocycles. The molecule has 0 fully saturated rings. The maximum atomic E-state index is 5.96. The van der Waals surface area contributed by atoms with Crippen molar-refractivity contribution in [3.63, 3.8) is 0 Å². The van der Waals surface area contributed by atoms with Gasteiger partial charge in [-0.3, -0.25) is 0 Å². The minimum atomic E-state index is 0.271. The van der Waals surface area contributed by atoms with Crippen molar-refractivity contribution < 1.29 is 4.74 Å². The number of ether oxygens (including phenoxy) is 1. The number of aromatic nitrogens is 2. The lowest BCUT2D eigenvalue weighted by Gasteiger charge is -2.15. The number of halogens is 1. The van der Waals surface area contributed by atoms with Gasteiger partial charge in [-0.2, -0.15) is 0 Å². The second-order valence-corrected chi connectivity index (χ2v) is 5.20. The van der Waals surface area contributed by atoms with E-state index in [1.165, 1.54) is 6.33 Å². The Morgan fingerprint density at radius 2 is 2.10 bits per heavy atom. The Morgan fingerprint density at radius 1 is 1.30 bits per heavy atom. The van der Waals surface area contributed by atoms with Crippen molar-refractivity contribution in [1.82, 2.24) is 9.97 Å². The van der Waals surface area contributed by atoms with Gasteiger partial charge >= 0.3 is 0 Å². The Morgan fingerprint density at radius 3 is 2.75 bits per heavy atom. The first kappa shape index (κ1) is 14.6. The van der Waals surface area contributed by atoms with Crippen molar-refractivity contribution in [2.75, 3.05) is 12.4 Å². The van der Waals surface area contributed by atoms with Crippen LogP contribution in [0.3, 0.4) is 0 Å². The van der Waals surface area contributed by atoms with E-state index in [2.05, 4.69) is 29.1 Å². The van der Waals surface area contributed by atoms with Gasteiger partial charge in [-0.05, 0) is 23.6 Å². The van der Waals surface area contributed by atoms with Crippen molar-refractivity contribution in [1.29, 1.82) is 0 Å². The molecule has 0 amide bonds. The van der Waals surface area contributed by atoms with Crippen LogP contribution in [0.5, 0.6) is 5.88 Å². The van der Waals surface area contributed by atoms with E-state index in [-0.39, 0.29) is 5.92 Å². The SMILES string of the molecule is CNc1ncnc(OCc2cccc(Cl)c2)c1C(C)C. The van der Waals surface area contributed by atoms with E-state index < -0.39 is 0 Å². The summed E-state index contributed by atoms with van der Waals surface area (Å²) in [6.45, 7) is 4.61. The van der Waals surface area contributed by atoms with Gasteiger partial charge in [-0.15, -0.1) is 0 Å². The Kier molecular flexibility index (Phi) is 4.79. The molecule has 0 aliphatic carbocycles. The molecule has 0 saturated heterocycles. The zero-order valence-electron chi connectivity index (χ0n) is 11.9. The highest BCUT2D eigenvalue weighted by Crippen LogP contribution is 2.30. The fourth-order valence-corrected chi connectivity index (χ4v) is 2.21. The molecule has 0 spiro atoms. The number of benzene rings is 1. The molecule has 20 heavy (non-hydrogen) atoms. The summed E-state index contributed by atoms with van der Waals surface area (Å²) >= 11 is 5.96. The first-order valence-corrected chi connectivity index (χ1v) is 6.89. The third-order valence-electron chi connectivity index (χ3n) is 2.93. The molecule has 106 valence electrons. The summed E-state index contributed by atoms with van der Waals surface area (Å²) in [5.74, 6) is 1.68. The fourth-order valence-electron chi connectivity index (χ4n) is 1.99. The van der Waals surface area contributed by atoms with Crippen LogP contribution >= 0.6 is 11.6 Å². The molecule has 1 aromatic heterocycles. The first-order valence-electron chi connectivity index (χ1n) is 6.51. The van der Waals surface area contributed by atoms with Gasteiger partial charge in [0.15, 0.2) is 0 Å². The third-order valence-corrected chi connectivity index (χ3v) is 3.16. The van der Waals surface area contributed by atoms with Gasteiger partial charge in [0.25, 0.3) is 0 Å². The highest BCUT2D eigenvalue weighted by atomic mass is 35.5. The van der Waals surface area contributed by atoms with Crippen LogP contribution in [0.4, 0.5) is 5.82 Å². The summed E-state index contributed by atoms with van der Waals surface area (Å²) in [7, 11) is 1.84. The van der Waals surface area contributed by atoms with Gasteiger partial charge in [0.2, 0.25) is 5.88 Å². The van der Waals surface area contributed by atoms with E-state index in [1.54, 1.807) is 0 Å². The van der Waals surface area contributed by atoms with Crippen molar-refractivity contribution in [3.05, 3.63) is 46.7 Å². The van der Waals surface area contributed by atoms with Crippen LogP contribution in [0.1, 0.15) is 30.9 Å². The Bertz CT molecular complexity index is 587. The highest BCUT2D eigenvalue weighted by molar-refractivity contribution is 6.30. The predicted molar refractivity (Wildman–Crippen MR) is 81.5 cm³/mol. The topological polar surface area (TPSA) is 47.0 Å². The molecule has 0 aliphatic heterocycles. The van der Waals surface area contributed by atoms with Crippen molar-refractivity contribution in [2.45, 2.75) is 26.4 Å². The molecule has 0 bridgehead atoms. The summed E-state index contributed by atoms with van der Waals surface area (Å²) in [5, 5.41) is 3.77. The molecule has 1 N–H and O–H groups in total. The second kappa shape index (κ2) is 6.57.